The molecule has 7 heteroatoms. The Morgan fingerprint density at radius 3 is 2.84 bits per heavy atom. The van der Waals surface area contributed by atoms with Gasteiger partial charge >= 0.3 is 5.69 Å². The first-order chi connectivity index (χ1) is 9.29. The Bertz CT molecular complexity index is 573. The molecule has 0 atom stereocenters. The Hall–Kier alpha value is -1.86. The molecule has 0 bridgehead atoms. The summed E-state index contributed by atoms with van der Waals surface area (Å²) in [6.45, 7) is 0.300. The summed E-state index contributed by atoms with van der Waals surface area (Å²) in [6.07, 6.45) is 0. The first-order valence-corrected chi connectivity index (χ1v) is 6.76. The number of aromatic nitrogens is 3. The number of hydrogen-bond acceptors (Lipinski definition) is 6. The molecule has 100 valence electrons. The normalized spacial score (nSPS) is 10.4. The van der Waals surface area contributed by atoms with Crippen LogP contribution < -0.4 is 11.0 Å². The van der Waals surface area contributed by atoms with E-state index in [4.69, 9.17) is 5.11 Å². The minimum atomic E-state index is -0.510. The second kappa shape index (κ2) is 6.91. The zero-order valence-electron chi connectivity index (χ0n) is 10.2. The monoisotopic (exact) mass is 278 g/mol. The fourth-order valence-corrected chi connectivity index (χ4v) is 2.30. The lowest BCUT2D eigenvalue weighted by atomic mass is 10.2. The van der Waals surface area contributed by atoms with Gasteiger partial charge in [0.15, 0.2) is 10.8 Å². The van der Waals surface area contributed by atoms with Gasteiger partial charge < -0.3 is 10.4 Å². The van der Waals surface area contributed by atoms with Gasteiger partial charge in [-0.05, 0) is 5.56 Å². The predicted molar refractivity (Wildman–Crippen MR) is 74.2 cm³/mol. The number of nitrogens with one attached hydrogen (secondary N) is 2. The number of anilines is 1. The third-order valence-corrected chi connectivity index (χ3v) is 3.33. The lowest BCUT2D eigenvalue weighted by Gasteiger charge is -2.07. The maximum Gasteiger partial charge on any atom is 0.363 e. The molecular formula is C12H14N4O2S. The van der Waals surface area contributed by atoms with Gasteiger partial charge in [0.25, 0.3) is 0 Å². The Kier molecular flexibility index (Phi) is 4.93. The maximum atomic E-state index is 11.1. The minimum Gasteiger partial charge on any atom is -0.395 e. The number of aliphatic hydroxyl groups is 1. The molecule has 0 aliphatic carbocycles. The van der Waals surface area contributed by atoms with Crippen LogP contribution in [0.15, 0.2) is 40.2 Å². The van der Waals surface area contributed by atoms with Crippen molar-refractivity contribution in [3.8, 4) is 0 Å². The molecule has 0 saturated carbocycles. The fraction of sp³-hybridized carbons (Fsp3) is 0.250. The summed E-state index contributed by atoms with van der Waals surface area (Å²) in [5.74, 6) is 1.13. The van der Waals surface area contributed by atoms with Gasteiger partial charge in [0.05, 0.1) is 6.61 Å². The van der Waals surface area contributed by atoms with Crippen LogP contribution in [0.25, 0.3) is 0 Å². The first kappa shape index (κ1) is 13.6. The molecule has 2 rings (SSSR count). The van der Waals surface area contributed by atoms with E-state index in [1.54, 1.807) is 0 Å². The zero-order chi connectivity index (χ0) is 13.5. The van der Waals surface area contributed by atoms with E-state index < -0.39 is 5.69 Å². The van der Waals surface area contributed by atoms with Gasteiger partial charge in [-0.25, -0.2) is 9.89 Å². The third-order valence-electron chi connectivity index (χ3n) is 2.29. The standard InChI is InChI=1S/C12H14N4O2S/c17-7-6-13-10-11(15-16-12(18)14-10)19-8-9-4-2-1-3-5-9/h1-5,17H,6-8H2,(H2,13,14,16,18). The fourth-order valence-electron chi connectivity index (χ4n) is 1.44. The molecule has 0 spiro atoms. The average molecular weight is 278 g/mol. The van der Waals surface area contributed by atoms with E-state index in [9.17, 15) is 4.79 Å². The molecule has 0 aliphatic rings. The molecule has 1 aromatic carbocycles. The molecule has 0 amide bonds. The number of hydrogen-bond donors (Lipinski definition) is 3. The van der Waals surface area contributed by atoms with Crippen LogP contribution in [0.2, 0.25) is 0 Å². The highest BCUT2D eigenvalue weighted by Crippen LogP contribution is 2.24. The molecule has 1 heterocycles. The molecule has 0 unspecified atom stereocenters. The molecule has 0 saturated heterocycles. The molecule has 0 fully saturated rings. The summed E-state index contributed by atoms with van der Waals surface area (Å²) in [5, 5.41) is 18.6. The van der Waals surface area contributed by atoms with Crippen LogP contribution in [0.1, 0.15) is 5.56 Å². The number of thioether (sulfide) groups is 1. The molecule has 3 N–H and O–H groups in total. The van der Waals surface area contributed by atoms with Crippen molar-refractivity contribution in [2.75, 3.05) is 18.5 Å². The van der Waals surface area contributed by atoms with E-state index in [1.165, 1.54) is 11.8 Å². The van der Waals surface area contributed by atoms with Crippen molar-refractivity contribution in [3.63, 3.8) is 0 Å². The van der Waals surface area contributed by atoms with Gasteiger partial charge in [-0.15, -0.1) is 0 Å². The Morgan fingerprint density at radius 1 is 1.32 bits per heavy atom. The van der Waals surface area contributed by atoms with Gasteiger partial charge in [-0.1, -0.05) is 42.1 Å². The summed E-state index contributed by atoms with van der Waals surface area (Å²) in [5.41, 5.74) is 0.651. The van der Waals surface area contributed by atoms with Gasteiger partial charge in [-0.3, -0.25) is 0 Å². The van der Waals surface area contributed by atoms with Crippen LogP contribution in [-0.4, -0.2) is 33.4 Å². The highest BCUT2D eigenvalue weighted by Gasteiger charge is 2.07. The van der Waals surface area contributed by atoms with Crippen LogP contribution >= 0.6 is 11.8 Å². The molecule has 19 heavy (non-hydrogen) atoms. The van der Waals surface area contributed by atoms with Crippen molar-refractivity contribution < 1.29 is 5.11 Å². The smallest absolute Gasteiger partial charge is 0.363 e. The van der Waals surface area contributed by atoms with E-state index in [0.717, 1.165) is 11.3 Å². The van der Waals surface area contributed by atoms with Gasteiger partial charge in [-0.2, -0.15) is 10.1 Å². The zero-order valence-corrected chi connectivity index (χ0v) is 11.0. The number of aromatic amines is 1. The summed E-state index contributed by atoms with van der Waals surface area (Å²) < 4.78 is 0. The number of rotatable bonds is 6. The Labute approximate surface area is 114 Å². The quantitative estimate of drug-likeness (QED) is 0.679. The summed E-state index contributed by atoms with van der Waals surface area (Å²) in [7, 11) is 0. The molecule has 2 aromatic rings. The second-order valence-corrected chi connectivity index (χ2v) is 4.68. The van der Waals surface area contributed by atoms with Crippen LogP contribution in [0.3, 0.4) is 0 Å². The number of aliphatic hydroxyl groups excluding tert-OH is 1. The average Bonchev–Trinajstić information content (AvgIpc) is 2.45. The molecule has 0 aliphatic heterocycles. The van der Waals surface area contributed by atoms with Crippen molar-refractivity contribution in [3.05, 3.63) is 46.4 Å². The maximum absolute atomic E-state index is 11.1. The van der Waals surface area contributed by atoms with E-state index in [-0.39, 0.29) is 6.61 Å². The topological polar surface area (TPSA) is 90.9 Å². The first-order valence-electron chi connectivity index (χ1n) is 5.78. The molecule has 1 aromatic heterocycles. The van der Waals surface area contributed by atoms with Crippen molar-refractivity contribution in [1.82, 2.24) is 15.2 Å². The predicted octanol–water partition coefficient (Wildman–Crippen LogP) is 0.861. The minimum absolute atomic E-state index is 0.0305. The summed E-state index contributed by atoms with van der Waals surface area (Å²) in [6, 6.07) is 9.95. The van der Waals surface area contributed by atoms with Crippen molar-refractivity contribution in [2.45, 2.75) is 10.8 Å². The number of nitrogens with zero attached hydrogens (tertiary/aromatic N) is 2. The highest BCUT2D eigenvalue weighted by atomic mass is 32.2. The second-order valence-electron chi connectivity index (χ2n) is 3.72. The van der Waals surface area contributed by atoms with Crippen molar-refractivity contribution in [1.29, 1.82) is 0 Å². The van der Waals surface area contributed by atoms with Gasteiger partial charge in [0.2, 0.25) is 0 Å². The molecule has 0 radical (unpaired) electrons. The largest absolute Gasteiger partial charge is 0.395 e. The number of H-pyrrole nitrogens is 1. The molecular weight excluding hydrogens is 264 g/mol. The Balaban J connectivity index is 2.08. The lowest BCUT2D eigenvalue weighted by Crippen LogP contribution is -2.18. The van der Waals surface area contributed by atoms with Crippen LogP contribution in [-0.2, 0) is 5.75 Å². The van der Waals surface area contributed by atoms with E-state index >= 15 is 0 Å². The summed E-state index contributed by atoms with van der Waals surface area (Å²) in [4.78, 5) is 14.9. The number of benzene rings is 1. The Morgan fingerprint density at radius 2 is 2.11 bits per heavy atom. The van der Waals surface area contributed by atoms with Crippen LogP contribution in [0.4, 0.5) is 5.82 Å². The van der Waals surface area contributed by atoms with E-state index in [0.29, 0.717) is 17.4 Å². The van der Waals surface area contributed by atoms with Crippen molar-refractivity contribution >= 4 is 17.6 Å². The van der Waals surface area contributed by atoms with Crippen LogP contribution in [0, 0.1) is 0 Å². The SMILES string of the molecule is O=c1nc(NCCO)c(SCc2ccccc2)n[nH]1. The van der Waals surface area contributed by atoms with E-state index in [2.05, 4.69) is 20.5 Å². The lowest BCUT2D eigenvalue weighted by molar-refractivity contribution is 0.311. The molecule has 6 nitrogen and oxygen atoms in total. The summed E-state index contributed by atoms with van der Waals surface area (Å²) >= 11 is 1.47. The third kappa shape index (κ3) is 4.08. The van der Waals surface area contributed by atoms with E-state index in [1.807, 2.05) is 30.3 Å². The van der Waals surface area contributed by atoms with Gasteiger partial charge in [0.1, 0.15) is 0 Å². The highest BCUT2D eigenvalue weighted by molar-refractivity contribution is 7.98. The van der Waals surface area contributed by atoms with Crippen LogP contribution in [0.5, 0.6) is 0 Å². The van der Waals surface area contributed by atoms with Crippen molar-refractivity contribution in [2.24, 2.45) is 0 Å². The van der Waals surface area contributed by atoms with Gasteiger partial charge in [0, 0.05) is 12.3 Å².